The maximum atomic E-state index is 13.0. The van der Waals surface area contributed by atoms with Crippen LogP contribution in [0, 0.1) is 0 Å². The van der Waals surface area contributed by atoms with Gasteiger partial charge < -0.3 is 10.2 Å². The highest BCUT2D eigenvalue weighted by atomic mass is 16.2. The van der Waals surface area contributed by atoms with Gasteiger partial charge in [-0.05, 0) is 60.8 Å². The minimum atomic E-state index is -0.152. The van der Waals surface area contributed by atoms with Crippen molar-refractivity contribution in [2.24, 2.45) is 0 Å². The molecule has 0 aromatic carbocycles. The lowest BCUT2D eigenvalue weighted by molar-refractivity contribution is -0.137. The fraction of sp³-hybridized carbons (Fsp3) is 0.952. The Labute approximate surface area is 151 Å². The van der Waals surface area contributed by atoms with Crippen molar-refractivity contribution < 1.29 is 4.79 Å². The Hall–Kier alpha value is -0.570. The molecule has 0 spiro atoms. The van der Waals surface area contributed by atoms with E-state index in [4.69, 9.17) is 0 Å². The molecule has 0 radical (unpaired) electrons. The van der Waals surface area contributed by atoms with Gasteiger partial charge in [-0.1, -0.05) is 39.0 Å². The number of amides is 1. The Morgan fingerprint density at radius 1 is 0.875 bits per heavy atom. The molecule has 1 fully saturated rings. The van der Waals surface area contributed by atoms with Crippen LogP contribution in [0.4, 0.5) is 0 Å². The number of nitrogens with zero attached hydrogens (tertiary/aromatic N) is 1. The van der Waals surface area contributed by atoms with Crippen LogP contribution in [-0.2, 0) is 4.79 Å². The van der Waals surface area contributed by atoms with Crippen molar-refractivity contribution in [1.82, 2.24) is 10.2 Å². The van der Waals surface area contributed by atoms with E-state index in [2.05, 4.69) is 58.7 Å². The summed E-state index contributed by atoms with van der Waals surface area (Å²) in [5.41, 5.74) is -0.141. The van der Waals surface area contributed by atoms with E-state index >= 15 is 0 Å². The third-order valence-corrected chi connectivity index (χ3v) is 5.40. The summed E-state index contributed by atoms with van der Waals surface area (Å²) in [7, 11) is 0. The molecule has 3 heteroatoms. The van der Waals surface area contributed by atoms with E-state index < -0.39 is 0 Å². The van der Waals surface area contributed by atoms with Crippen molar-refractivity contribution in [2.75, 3.05) is 6.54 Å². The van der Waals surface area contributed by atoms with Gasteiger partial charge >= 0.3 is 0 Å². The molecule has 0 aromatic heterocycles. The maximum absolute atomic E-state index is 13.0. The molecule has 0 unspecified atom stereocenters. The summed E-state index contributed by atoms with van der Waals surface area (Å²) < 4.78 is 0. The van der Waals surface area contributed by atoms with Crippen molar-refractivity contribution in [3.8, 4) is 0 Å². The molecule has 1 amide bonds. The standard InChI is InChI=1S/C21H42N2O/c1-8-9-10-11-12-13-16-23-18(24)17-20(4,5)22-19(2,3)14-15-21(23,6)7/h22H,8-17H2,1-7H3. The molecule has 142 valence electrons. The molecule has 3 nitrogen and oxygen atoms in total. The van der Waals surface area contributed by atoms with E-state index in [1.54, 1.807) is 0 Å². The average Bonchev–Trinajstić information content (AvgIpc) is 2.43. The van der Waals surface area contributed by atoms with Crippen molar-refractivity contribution in [3.63, 3.8) is 0 Å². The number of unbranched alkanes of at least 4 members (excludes halogenated alkanes) is 5. The zero-order valence-corrected chi connectivity index (χ0v) is 17.4. The topological polar surface area (TPSA) is 32.3 Å². The Bertz CT molecular complexity index is 399. The van der Waals surface area contributed by atoms with Gasteiger partial charge in [-0.2, -0.15) is 0 Å². The molecule has 0 aromatic rings. The first-order valence-corrected chi connectivity index (χ1v) is 10.1. The predicted molar refractivity (Wildman–Crippen MR) is 104 cm³/mol. The summed E-state index contributed by atoms with van der Waals surface area (Å²) >= 11 is 0. The van der Waals surface area contributed by atoms with Gasteiger partial charge in [-0.15, -0.1) is 0 Å². The molecule has 0 atom stereocenters. The SMILES string of the molecule is CCCCCCCCN1C(=O)CC(C)(C)NC(C)(C)CCC1(C)C. The molecule has 1 saturated heterocycles. The zero-order chi connectivity index (χ0) is 18.4. The van der Waals surface area contributed by atoms with Gasteiger partial charge in [0, 0.05) is 29.6 Å². The molecule has 1 heterocycles. The van der Waals surface area contributed by atoms with E-state index in [0.717, 1.165) is 25.8 Å². The summed E-state index contributed by atoms with van der Waals surface area (Å²) in [6, 6.07) is 0. The first-order chi connectivity index (χ1) is 11.0. The Morgan fingerprint density at radius 2 is 1.46 bits per heavy atom. The Balaban J connectivity index is 2.74. The summed E-state index contributed by atoms with van der Waals surface area (Å²) in [6.45, 7) is 16.5. The lowest BCUT2D eigenvalue weighted by Crippen LogP contribution is -2.53. The minimum Gasteiger partial charge on any atom is -0.338 e. The molecule has 1 rings (SSSR count). The molecule has 0 bridgehead atoms. The van der Waals surface area contributed by atoms with Gasteiger partial charge in [0.1, 0.15) is 0 Å². The van der Waals surface area contributed by atoms with Crippen LogP contribution in [0.3, 0.4) is 0 Å². The van der Waals surface area contributed by atoms with Gasteiger partial charge in [0.05, 0.1) is 0 Å². The number of carbonyl (C=O) groups excluding carboxylic acids is 1. The smallest absolute Gasteiger partial charge is 0.224 e. The monoisotopic (exact) mass is 338 g/mol. The number of rotatable bonds is 7. The summed E-state index contributed by atoms with van der Waals surface area (Å²) in [5.74, 6) is 0.309. The lowest BCUT2D eigenvalue weighted by atomic mass is 9.87. The fourth-order valence-corrected chi connectivity index (χ4v) is 4.06. The second-order valence-electron chi connectivity index (χ2n) is 9.70. The van der Waals surface area contributed by atoms with Crippen LogP contribution in [0.2, 0.25) is 0 Å². The van der Waals surface area contributed by atoms with Gasteiger partial charge in [0.25, 0.3) is 0 Å². The van der Waals surface area contributed by atoms with Crippen LogP contribution in [0.25, 0.3) is 0 Å². The van der Waals surface area contributed by atoms with Crippen molar-refractivity contribution in [2.45, 2.75) is 123 Å². The van der Waals surface area contributed by atoms with Crippen molar-refractivity contribution in [1.29, 1.82) is 0 Å². The second kappa shape index (κ2) is 8.69. The third-order valence-electron chi connectivity index (χ3n) is 5.40. The molecular formula is C21H42N2O. The molecule has 1 aliphatic heterocycles. The molecule has 0 saturated carbocycles. The first-order valence-electron chi connectivity index (χ1n) is 10.1. The third kappa shape index (κ3) is 7.13. The largest absolute Gasteiger partial charge is 0.338 e. The Kier molecular flexibility index (Phi) is 7.77. The van der Waals surface area contributed by atoms with Gasteiger partial charge in [-0.25, -0.2) is 0 Å². The normalized spacial score (nSPS) is 23.5. The highest BCUT2D eigenvalue weighted by Gasteiger charge is 2.39. The summed E-state index contributed by atoms with van der Waals surface area (Å²) in [6.07, 6.45) is 10.3. The van der Waals surface area contributed by atoms with Crippen LogP contribution in [0.15, 0.2) is 0 Å². The lowest BCUT2D eigenvalue weighted by Gasteiger charge is -2.40. The minimum absolute atomic E-state index is 0.0557. The molecule has 1 N–H and O–H groups in total. The van der Waals surface area contributed by atoms with Crippen LogP contribution < -0.4 is 5.32 Å². The number of hydrogen-bond acceptors (Lipinski definition) is 2. The summed E-state index contributed by atoms with van der Waals surface area (Å²) in [5, 5.41) is 3.71. The number of carbonyl (C=O) groups is 1. The molecule has 1 aliphatic rings. The van der Waals surface area contributed by atoms with Crippen LogP contribution in [0.1, 0.15) is 106 Å². The van der Waals surface area contributed by atoms with E-state index in [0.29, 0.717) is 12.3 Å². The van der Waals surface area contributed by atoms with Crippen LogP contribution >= 0.6 is 0 Å². The first kappa shape index (κ1) is 21.5. The van der Waals surface area contributed by atoms with E-state index in [-0.39, 0.29) is 16.6 Å². The summed E-state index contributed by atoms with van der Waals surface area (Å²) in [4.78, 5) is 15.2. The van der Waals surface area contributed by atoms with Crippen molar-refractivity contribution in [3.05, 3.63) is 0 Å². The fourth-order valence-electron chi connectivity index (χ4n) is 4.06. The number of nitrogens with one attached hydrogen (secondary N) is 1. The molecule has 0 aliphatic carbocycles. The van der Waals surface area contributed by atoms with E-state index in [1.165, 1.54) is 32.1 Å². The van der Waals surface area contributed by atoms with Crippen molar-refractivity contribution >= 4 is 5.91 Å². The van der Waals surface area contributed by atoms with Gasteiger partial charge in [0.2, 0.25) is 5.91 Å². The maximum Gasteiger partial charge on any atom is 0.224 e. The quantitative estimate of drug-likeness (QED) is 0.640. The molecule has 24 heavy (non-hydrogen) atoms. The van der Waals surface area contributed by atoms with Crippen LogP contribution in [0.5, 0.6) is 0 Å². The van der Waals surface area contributed by atoms with E-state index in [9.17, 15) is 4.79 Å². The van der Waals surface area contributed by atoms with Gasteiger partial charge in [0.15, 0.2) is 0 Å². The average molecular weight is 339 g/mol. The second-order valence-corrected chi connectivity index (χ2v) is 9.70. The highest BCUT2D eigenvalue weighted by molar-refractivity contribution is 5.78. The number of hydrogen-bond donors (Lipinski definition) is 1. The van der Waals surface area contributed by atoms with E-state index in [1.807, 2.05) is 0 Å². The zero-order valence-electron chi connectivity index (χ0n) is 17.4. The predicted octanol–water partition coefficient (Wildman–Crippen LogP) is 5.28. The van der Waals surface area contributed by atoms with Crippen LogP contribution in [-0.4, -0.2) is 34.0 Å². The van der Waals surface area contributed by atoms with Gasteiger partial charge in [-0.3, -0.25) is 4.79 Å². The highest BCUT2D eigenvalue weighted by Crippen LogP contribution is 2.31. The Morgan fingerprint density at radius 3 is 2.08 bits per heavy atom. The molecular weight excluding hydrogens is 296 g/mol.